The lowest BCUT2D eigenvalue weighted by Gasteiger charge is -2.37. The minimum Gasteiger partial charge on any atom is -0.491 e. The fourth-order valence-corrected chi connectivity index (χ4v) is 5.05. The van der Waals surface area contributed by atoms with E-state index in [1.165, 1.54) is 4.88 Å². The molecule has 1 aliphatic heterocycles. The molecule has 0 unspecified atom stereocenters. The molecule has 0 aliphatic carbocycles. The summed E-state index contributed by atoms with van der Waals surface area (Å²) in [6, 6.07) is 7.21. The Kier molecular flexibility index (Phi) is 10.0. The van der Waals surface area contributed by atoms with Crippen LogP contribution >= 0.6 is 22.9 Å². The van der Waals surface area contributed by atoms with Gasteiger partial charge in [-0.1, -0.05) is 18.5 Å². The SMILES string of the molecule is CCCNC(=O)N(CCCOC)CC(=O)N1CCc2sccc2[C@H]1COc1ccc(Cl)c(C)c1. The predicted molar refractivity (Wildman–Crippen MR) is 136 cm³/mol. The van der Waals surface area contributed by atoms with Crippen molar-refractivity contribution in [1.29, 1.82) is 0 Å². The quantitative estimate of drug-likeness (QED) is 0.448. The van der Waals surface area contributed by atoms with Crippen molar-refractivity contribution in [2.75, 3.05) is 46.5 Å². The molecule has 0 saturated heterocycles. The van der Waals surface area contributed by atoms with Gasteiger partial charge >= 0.3 is 6.03 Å². The zero-order valence-electron chi connectivity index (χ0n) is 20.1. The summed E-state index contributed by atoms with van der Waals surface area (Å²) in [6.07, 6.45) is 2.31. The second-order valence-electron chi connectivity index (χ2n) is 8.37. The molecule has 1 aliphatic rings. The fraction of sp³-hybridized carbons (Fsp3) is 0.520. The Morgan fingerprint density at radius 1 is 1.32 bits per heavy atom. The Morgan fingerprint density at radius 3 is 2.88 bits per heavy atom. The molecular formula is C25H34ClN3O4S. The van der Waals surface area contributed by atoms with Crippen molar-refractivity contribution in [3.05, 3.63) is 50.7 Å². The molecule has 1 aromatic carbocycles. The summed E-state index contributed by atoms with van der Waals surface area (Å²) < 4.78 is 11.2. The molecule has 1 N–H and O–H groups in total. The van der Waals surface area contributed by atoms with E-state index in [4.69, 9.17) is 21.1 Å². The van der Waals surface area contributed by atoms with Crippen molar-refractivity contribution in [1.82, 2.24) is 15.1 Å². The Balaban J connectivity index is 1.73. The van der Waals surface area contributed by atoms with Crippen molar-refractivity contribution in [2.24, 2.45) is 0 Å². The van der Waals surface area contributed by atoms with Crippen LogP contribution in [0.2, 0.25) is 5.02 Å². The molecule has 0 saturated carbocycles. The molecule has 0 bridgehead atoms. The van der Waals surface area contributed by atoms with E-state index in [9.17, 15) is 9.59 Å². The molecule has 1 atom stereocenters. The number of urea groups is 1. The van der Waals surface area contributed by atoms with Gasteiger partial charge in [0.05, 0.1) is 6.04 Å². The van der Waals surface area contributed by atoms with E-state index < -0.39 is 0 Å². The molecule has 34 heavy (non-hydrogen) atoms. The average molecular weight is 508 g/mol. The highest BCUT2D eigenvalue weighted by Crippen LogP contribution is 2.34. The van der Waals surface area contributed by atoms with E-state index in [0.29, 0.717) is 44.3 Å². The third-order valence-electron chi connectivity index (χ3n) is 5.87. The van der Waals surface area contributed by atoms with Crippen molar-refractivity contribution >= 4 is 34.9 Å². The van der Waals surface area contributed by atoms with Gasteiger partial charge in [0.2, 0.25) is 5.91 Å². The number of ether oxygens (including phenoxy) is 2. The van der Waals surface area contributed by atoms with Gasteiger partial charge in [0.25, 0.3) is 0 Å². The van der Waals surface area contributed by atoms with Gasteiger partial charge in [-0.25, -0.2) is 4.79 Å². The number of methoxy groups -OCH3 is 1. The molecule has 0 radical (unpaired) electrons. The van der Waals surface area contributed by atoms with Gasteiger partial charge in [0, 0.05) is 43.3 Å². The highest BCUT2D eigenvalue weighted by Gasteiger charge is 2.33. The lowest BCUT2D eigenvalue weighted by molar-refractivity contribution is -0.135. The second kappa shape index (κ2) is 13.0. The zero-order valence-corrected chi connectivity index (χ0v) is 21.7. The number of benzene rings is 1. The summed E-state index contributed by atoms with van der Waals surface area (Å²) in [6.45, 7) is 6.46. The first-order chi connectivity index (χ1) is 16.4. The molecule has 1 aromatic heterocycles. The lowest BCUT2D eigenvalue weighted by atomic mass is 10.0. The first kappa shape index (κ1) is 26.3. The van der Waals surface area contributed by atoms with Crippen LogP contribution in [0.15, 0.2) is 29.6 Å². The number of thiophene rings is 1. The van der Waals surface area contributed by atoms with E-state index in [1.807, 2.05) is 36.9 Å². The van der Waals surface area contributed by atoms with E-state index in [-0.39, 0.29) is 24.5 Å². The number of fused-ring (bicyclic) bond motifs is 1. The van der Waals surface area contributed by atoms with Crippen LogP contribution in [0.25, 0.3) is 0 Å². The van der Waals surface area contributed by atoms with Crippen molar-refractivity contribution in [2.45, 2.75) is 39.2 Å². The van der Waals surface area contributed by atoms with Gasteiger partial charge < -0.3 is 24.6 Å². The molecule has 3 amide bonds. The average Bonchev–Trinajstić information content (AvgIpc) is 3.31. The maximum atomic E-state index is 13.5. The van der Waals surface area contributed by atoms with Gasteiger partial charge in [-0.2, -0.15) is 0 Å². The fourth-order valence-electron chi connectivity index (χ4n) is 4.01. The Bertz CT molecular complexity index is 967. The van der Waals surface area contributed by atoms with Crippen LogP contribution in [0.4, 0.5) is 4.79 Å². The van der Waals surface area contributed by atoms with Gasteiger partial charge in [0.15, 0.2) is 0 Å². The molecule has 9 heteroatoms. The van der Waals surface area contributed by atoms with Crippen LogP contribution in [-0.4, -0.2) is 68.2 Å². The minimum atomic E-state index is -0.219. The van der Waals surface area contributed by atoms with Gasteiger partial charge in [-0.3, -0.25) is 4.79 Å². The molecule has 2 heterocycles. The molecule has 0 spiro atoms. The lowest BCUT2D eigenvalue weighted by Crippen LogP contribution is -2.50. The Morgan fingerprint density at radius 2 is 2.15 bits per heavy atom. The van der Waals surface area contributed by atoms with Gasteiger partial charge in [-0.15, -0.1) is 11.3 Å². The van der Waals surface area contributed by atoms with E-state index >= 15 is 0 Å². The van der Waals surface area contributed by atoms with Crippen molar-refractivity contribution in [3.63, 3.8) is 0 Å². The predicted octanol–water partition coefficient (Wildman–Crippen LogP) is 4.67. The van der Waals surface area contributed by atoms with Crippen LogP contribution < -0.4 is 10.1 Å². The third-order valence-corrected chi connectivity index (χ3v) is 7.29. The zero-order chi connectivity index (χ0) is 24.5. The molecular weight excluding hydrogens is 474 g/mol. The normalized spacial score (nSPS) is 15.1. The Hall–Kier alpha value is -2.29. The van der Waals surface area contributed by atoms with Crippen LogP contribution in [-0.2, 0) is 16.0 Å². The van der Waals surface area contributed by atoms with E-state index in [1.54, 1.807) is 23.3 Å². The number of aryl methyl sites for hydroxylation is 1. The largest absolute Gasteiger partial charge is 0.491 e. The summed E-state index contributed by atoms with van der Waals surface area (Å²) in [7, 11) is 1.63. The summed E-state index contributed by atoms with van der Waals surface area (Å²) in [5.41, 5.74) is 2.06. The van der Waals surface area contributed by atoms with Crippen molar-refractivity contribution < 1.29 is 19.1 Å². The molecule has 7 nitrogen and oxygen atoms in total. The maximum Gasteiger partial charge on any atom is 0.317 e. The first-order valence-electron chi connectivity index (χ1n) is 11.7. The summed E-state index contributed by atoms with van der Waals surface area (Å²) in [5.74, 6) is 0.638. The number of halogens is 1. The number of rotatable bonds is 11. The summed E-state index contributed by atoms with van der Waals surface area (Å²) in [4.78, 5) is 30.9. The van der Waals surface area contributed by atoms with Crippen LogP contribution in [0, 0.1) is 6.92 Å². The monoisotopic (exact) mass is 507 g/mol. The number of nitrogens with zero attached hydrogens (tertiary/aromatic N) is 2. The van der Waals surface area contributed by atoms with E-state index in [2.05, 4.69) is 16.8 Å². The number of carbonyl (C=O) groups is 2. The topological polar surface area (TPSA) is 71.1 Å². The summed E-state index contributed by atoms with van der Waals surface area (Å²) >= 11 is 7.86. The number of hydrogen-bond acceptors (Lipinski definition) is 5. The second-order valence-corrected chi connectivity index (χ2v) is 9.78. The van der Waals surface area contributed by atoms with Crippen LogP contribution in [0.5, 0.6) is 5.75 Å². The Labute approximate surface area is 211 Å². The number of hydrogen-bond donors (Lipinski definition) is 1. The molecule has 3 rings (SSSR count). The maximum absolute atomic E-state index is 13.5. The minimum absolute atomic E-state index is 0.0231. The van der Waals surface area contributed by atoms with Crippen molar-refractivity contribution in [3.8, 4) is 5.75 Å². The number of carbonyl (C=O) groups excluding carboxylic acids is 2. The van der Waals surface area contributed by atoms with Crippen LogP contribution in [0.3, 0.4) is 0 Å². The standard InChI is InChI=1S/C25H34ClN3O4S/c1-4-10-27-25(31)28(11-5-13-32-3)16-24(30)29-12-8-23-20(9-14-34-23)22(29)17-33-19-6-7-21(26)18(2)15-19/h6-7,9,14-15,22H,4-5,8,10-13,16-17H2,1-3H3,(H,27,31)/t22-/m1/s1. The number of nitrogens with one attached hydrogen (secondary N) is 1. The third kappa shape index (κ3) is 6.87. The molecule has 186 valence electrons. The highest BCUT2D eigenvalue weighted by atomic mass is 35.5. The first-order valence-corrected chi connectivity index (χ1v) is 13.0. The smallest absolute Gasteiger partial charge is 0.317 e. The molecule has 2 aromatic rings. The van der Waals surface area contributed by atoms with Crippen LogP contribution in [0.1, 0.15) is 41.8 Å². The highest BCUT2D eigenvalue weighted by molar-refractivity contribution is 7.10. The van der Waals surface area contributed by atoms with E-state index in [0.717, 1.165) is 29.7 Å². The number of amides is 3. The molecule has 0 fully saturated rings. The van der Waals surface area contributed by atoms with Gasteiger partial charge in [-0.05, 0) is 67.0 Å². The van der Waals surface area contributed by atoms with Gasteiger partial charge in [0.1, 0.15) is 18.9 Å². The summed E-state index contributed by atoms with van der Waals surface area (Å²) in [5, 5.41) is 5.64.